The molecule has 0 amide bonds. The van der Waals surface area contributed by atoms with Crippen LogP contribution in [0.1, 0.15) is 5.69 Å². The number of hydrogen-bond donors (Lipinski definition) is 0. The Bertz CT molecular complexity index is 1410. The van der Waals surface area contributed by atoms with Crippen LogP contribution in [0.2, 0.25) is 0 Å². The molecule has 0 spiro atoms. The second kappa shape index (κ2) is 8.97. The quantitative estimate of drug-likeness (QED) is 0.298. The summed E-state index contributed by atoms with van der Waals surface area (Å²) < 4.78 is 46.4. The standard InChI is InChI=1S/C26H19F3N4O/c27-26(28,29)17-33-25(23(15-31-33)18-11-13-30-14-12-18)20-6-9-22(10-7-20)34-16-21-8-5-19-3-1-2-4-24(19)32-21/h1-15H,16-17H2. The van der Waals surface area contributed by atoms with Crippen LogP contribution in [0.15, 0.2) is 91.4 Å². The predicted molar refractivity (Wildman–Crippen MR) is 123 cm³/mol. The molecule has 0 atom stereocenters. The van der Waals surface area contributed by atoms with Gasteiger partial charge in [-0.3, -0.25) is 9.67 Å². The summed E-state index contributed by atoms with van der Waals surface area (Å²) in [4.78, 5) is 8.58. The molecule has 8 heteroatoms. The molecule has 0 aliphatic rings. The number of rotatable bonds is 6. The van der Waals surface area contributed by atoms with E-state index in [0.29, 0.717) is 22.6 Å². The molecule has 2 aromatic carbocycles. The molecule has 5 aromatic rings. The van der Waals surface area contributed by atoms with E-state index >= 15 is 0 Å². The minimum Gasteiger partial charge on any atom is -0.487 e. The highest BCUT2D eigenvalue weighted by atomic mass is 19.4. The number of aromatic nitrogens is 4. The van der Waals surface area contributed by atoms with Crippen LogP contribution in [-0.4, -0.2) is 25.9 Å². The molecule has 0 unspecified atom stereocenters. The first-order chi connectivity index (χ1) is 16.5. The van der Waals surface area contributed by atoms with Crippen molar-refractivity contribution in [2.24, 2.45) is 0 Å². The van der Waals surface area contributed by atoms with E-state index < -0.39 is 12.7 Å². The van der Waals surface area contributed by atoms with Crippen molar-refractivity contribution in [1.82, 2.24) is 19.7 Å². The fourth-order valence-corrected chi connectivity index (χ4v) is 3.78. The Morgan fingerprint density at radius 1 is 0.824 bits per heavy atom. The summed E-state index contributed by atoms with van der Waals surface area (Å²) in [6.45, 7) is -0.905. The maximum Gasteiger partial charge on any atom is 0.408 e. The van der Waals surface area contributed by atoms with Crippen molar-refractivity contribution in [3.63, 3.8) is 0 Å². The first-order valence-corrected chi connectivity index (χ1v) is 10.6. The Balaban J connectivity index is 1.40. The van der Waals surface area contributed by atoms with Crippen LogP contribution in [0.25, 0.3) is 33.3 Å². The number of benzene rings is 2. The molecular formula is C26H19F3N4O. The van der Waals surface area contributed by atoms with E-state index in [9.17, 15) is 13.2 Å². The molecule has 5 rings (SSSR count). The lowest BCUT2D eigenvalue weighted by Gasteiger charge is -2.13. The smallest absolute Gasteiger partial charge is 0.408 e. The van der Waals surface area contributed by atoms with Crippen molar-refractivity contribution < 1.29 is 17.9 Å². The van der Waals surface area contributed by atoms with Gasteiger partial charge in [-0.05, 0) is 54.1 Å². The maximum absolute atomic E-state index is 13.2. The van der Waals surface area contributed by atoms with Gasteiger partial charge in [0.05, 0.1) is 23.1 Å². The van der Waals surface area contributed by atoms with Crippen LogP contribution in [0, 0.1) is 0 Å². The minimum atomic E-state index is -4.40. The van der Waals surface area contributed by atoms with Gasteiger partial charge < -0.3 is 4.74 Å². The van der Waals surface area contributed by atoms with Crippen molar-refractivity contribution in [3.8, 4) is 28.1 Å². The summed E-state index contributed by atoms with van der Waals surface area (Å²) in [6.07, 6.45) is 0.244. The van der Waals surface area contributed by atoms with Crippen molar-refractivity contribution >= 4 is 10.9 Å². The van der Waals surface area contributed by atoms with E-state index in [0.717, 1.165) is 26.8 Å². The Morgan fingerprint density at radius 2 is 1.59 bits per heavy atom. The highest BCUT2D eigenvalue weighted by molar-refractivity contribution is 5.81. The number of halogens is 3. The number of pyridine rings is 2. The lowest BCUT2D eigenvalue weighted by atomic mass is 10.0. The van der Waals surface area contributed by atoms with Crippen LogP contribution in [0.4, 0.5) is 13.2 Å². The van der Waals surface area contributed by atoms with Gasteiger partial charge in [-0.1, -0.05) is 24.3 Å². The Morgan fingerprint density at radius 3 is 2.35 bits per heavy atom. The maximum atomic E-state index is 13.2. The fraction of sp³-hybridized carbons (Fsp3) is 0.115. The molecule has 34 heavy (non-hydrogen) atoms. The Labute approximate surface area is 193 Å². The van der Waals surface area contributed by atoms with Crippen LogP contribution >= 0.6 is 0 Å². The molecule has 170 valence electrons. The molecule has 0 aliphatic heterocycles. The average Bonchev–Trinajstić information content (AvgIpc) is 3.25. The second-order valence-electron chi connectivity index (χ2n) is 7.72. The minimum absolute atomic E-state index is 0.276. The molecule has 3 aromatic heterocycles. The van der Waals surface area contributed by atoms with E-state index in [1.807, 2.05) is 36.4 Å². The largest absolute Gasteiger partial charge is 0.487 e. The molecule has 0 fully saturated rings. The first-order valence-electron chi connectivity index (χ1n) is 10.6. The van der Waals surface area contributed by atoms with Crippen LogP contribution < -0.4 is 4.74 Å². The van der Waals surface area contributed by atoms with Crippen molar-refractivity contribution in [2.75, 3.05) is 0 Å². The summed E-state index contributed by atoms with van der Waals surface area (Å²) >= 11 is 0. The van der Waals surface area contributed by atoms with Gasteiger partial charge in [0.25, 0.3) is 0 Å². The number of fused-ring (bicyclic) bond motifs is 1. The third-order valence-corrected chi connectivity index (χ3v) is 5.33. The third kappa shape index (κ3) is 4.76. The van der Waals surface area contributed by atoms with Gasteiger partial charge >= 0.3 is 6.18 Å². The van der Waals surface area contributed by atoms with Gasteiger partial charge in [0, 0.05) is 28.9 Å². The molecule has 0 radical (unpaired) electrons. The summed E-state index contributed by atoms with van der Waals surface area (Å²) in [6, 6.07) is 22.2. The van der Waals surface area contributed by atoms with Gasteiger partial charge in [0.1, 0.15) is 18.9 Å². The van der Waals surface area contributed by atoms with Gasteiger partial charge in [-0.2, -0.15) is 18.3 Å². The molecule has 3 heterocycles. The lowest BCUT2D eigenvalue weighted by Crippen LogP contribution is -2.19. The molecule has 0 N–H and O–H groups in total. The van der Waals surface area contributed by atoms with E-state index in [-0.39, 0.29) is 6.61 Å². The van der Waals surface area contributed by atoms with Crippen molar-refractivity contribution in [2.45, 2.75) is 19.3 Å². The molecule has 5 nitrogen and oxygen atoms in total. The zero-order valence-electron chi connectivity index (χ0n) is 17.9. The number of ether oxygens (including phenoxy) is 1. The molecular weight excluding hydrogens is 441 g/mol. The molecule has 0 saturated heterocycles. The summed E-state index contributed by atoms with van der Waals surface area (Å²) in [5.41, 5.74) is 3.99. The summed E-state index contributed by atoms with van der Waals surface area (Å²) in [5, 5.41) is 5.07. The number of hydrogen-bond acceptors (Lipinski definition) is 4. The van der Waals surface area contributed by atoms with Gasteiger partial charge in [0.2, 0.25) is 0 Å². The topological polar surface area (TPSA) is 52.8 Å². The van der Waals surface area contributed by atoms with E-state index in [2.05, 4.69) is 15.1 Å². The SMILES string of the molecule is FC(F)(F)Cn1ncc(-c2ccncc2)c1-c1ccc(OCc2ccc3ccccc3n2)cc1. The van der Waals surface area contributed by atoms with Gasteiger partial charge in [-0.25, -0.2) is 4.98 Å². The number of alkyl halides is 3. The zero-order valence-corrected chi connectivity index (χ0v) is 17.9. The van der Waals surface area contributed by atoms with Crippen molar-refractivity contribution in [1.29, 1.82) is 0 Å². The second-order valence-corrected chi connectivity index (χ2v) is 7.72. The third-order valence-electron chi connectivity index (χ3n) is 5.33. The summed E-state index contributed by atoms with van der Waals surface area (Å²) in [7, 11) is 0. The Hall–Kier alpha value is -4.20. The van der Waals surface area contributed by atoms with Crippen LogP contribution in [0.5, 0.6) is 5.75 Å². The zero-order chi connectivity index (χ0) is 23.5. The van der Waals surface area contributed by atoms with E-state index in [1.165, 1.54) is 6.20 Å². The van der Waals surface area contributed by atoms with E-state index in [1.54, 1.807) is 48.8 Å². The average molecular weight is 460 g/mol. The predicted octanol–water partition coefficient (Wildman–Crippen LogP) is 6.30. The molecule has 0 saturated carbocycles. The van der Waals surface area contributed by atoms with Crippen molar-refractivity contribution in [3.05, 3.63) is 97.1 Å². The van der Waals surface area contributed by atoms with E-state index in [4.69, 9.17) is 4.74 Å². The molecule has 0 aliphatic carbocycles. The highest BCUT2D eigenvalue weighted by Crippen LogP contribution is 2.34. The van der Waals surface area contributed by atoms with Crippen LogP contribution in [0.3, 0.4) is 0 Å². The van der Waals surface area contributed by atoms with Crippen LogP contribution in [-0.2, 0) is 13.2 Å². The number of nitrogens with zero attached hydrogens (tertiary/aromatic N) is 4. The lowest BCUT2D eigenvalue weighted by molar-refractivity contribution is -0.142. The monoisotopic (exact) mass is 460 g/mol. The number of para-hydroxylation sites is 1. The Kier molecular flexibility index (Phi) is 5.71. The normalized spacial score (nSPS) is 11.6. The molecule has 0 bridgehead atoms. The fourth-order valence-electron chi connectivity index (χ4n) is 3.78. The highest BCUT2D eigenvalue weighted by Gasteiger charge is 2.30. The first kappa shape index (κ1) is 21.6. The summed E-state index contributed by atoms with van der Waals surface area (Å²) in [5.74, 6) is 0.589. The van der Waals surface area contributed by atoms with Gasteiger partial charge in [-0.15, -0.1) is 0 Å². The van der Waals surface area contributed by atoms with Gasteiger partial charge in [0.15, 0.2) is 0 Å².